The van der Waals surface area contributed by atoms with Gasteiger partial charge in [0.15, 0.2) is 0 Å². The first-order valence-corrected chi connectivity index (χ1v) is 3.57. The minimum atomic E-state index is -0.465. The van der Waals surface area contributed by atoms with E-state index in [9.17, 15) is 4.39 Å². The van der Waals surface area contributed by atoms with Gasteiger partial charge in [0.25, 0.3) is 0 Å². The van der Waals surface area contributed by atoms with E-state index in [0.29, 0.717) is 11.2 Å². The van der Waals surface area contributed by atoms with Crippen molar-refractivity contribution in [2.24, 2.45) is 0 Å². The molecule has 1 aromatic carbocycles. The Morgan fingerprint density at radius 2 is 2.00 bits per heavy atom. The van der Waals surface area contributed by atoms with E-state index in [2.05, 4.69) is 4.98 Å². The molecule has 0 radical (unpaired) electrons. The molecule has 0 aliphatic rings. The van der Waals surface area contributed by atoms with Crippen LogP contribution in [0.1, 0.15) is 0 Å². The van der Waals surface area contributed by atoms with Gasteiger partial charge in [-0.3, -0.25) is 0 Å². The zero-order valence-electron chi connectivity index (χ0n) is 6.29. The number of benzene rings is 1. The maximum Gasteiger partial charge on any atom is 0.213 e. The third kappa shape index (κ3) is 1.09. The predicted molar refractivity (Wildman–Crippen MR) is 46.1 cm³/mol. The minimum absolute atomic E-state index is 0.465. The number of hydrogen-bond donors (Lipinski definition) is 1. The zero-order valence-corrected chi connectivity index (χ0v) is 6.29. The number of anilines is 1. The molecule has 0 fully saturated rings. The minimum Gasteiger partial charge on any atom is -0.399 e. The van der Waals surface area contributed by atoms with E-state index in [1.54, 1.807) is 24.3 Å². The molecule has 0 saturated heterocycles. The lowest BCUT2D eigenvalue weighted by Gasteiger charge is -1.97. The number of rotatable bonds is 0. The summed E-state index contributed by atoms with van der Waals surface area (Å²) < 4.78 is 12.6. The molecule has 2 N–H and O–H groups in total. The average Bonchev–Trinajstić information content (AvgIpc) is 2.05. The van der Waals surface area contributed by atoms with Crippen LogP contribution in [0.15, 0.2) is 30.3 Å². The molecule has 0 spiro atoms. The SMILES string of the molecule is Nc1ccc2nc(F)ccc2c1. The highest BCUT2D eigenvalue weighted by atomic mass is 19.1. The number of aromatic nitrogens is 1. The summed E-state index contributed by atoms with van der Waals surface area (Å²) in [7, 11) is 0. The highest BCUT2D eigenvalue weighted by Crippen LogP contribution is 2.15. The number of hydrogen-bond acceptors (Lipinski definition) is 2. The Labute approximate surface area is 68.8 Å². The predicted octanol–water partition coefficient (Wildman–Crippen LogP) is 1.96. The smallest absolute Gasteiger partial charge is 0.213 e. The summed E-state index contributed by atoms with van der Waals surface area (Å²) in [5.74, 6) is -0.465. The molecule has 60 valence electrons. The largest absolute Gasteiger partial charge is 0.399 e. The van der Waals surface area contributed by atoms with Crippen LogP contribution in [0.25, 0.3) is 10.9 Å². The lowest BCUT2D eigenvalue weighted by atomic mass is 10.2. The Morgan fingerprint density at radius 1 is 1.17 bits per heavy atom. The molecule has 0 aliphatic carbocycles. The first kappa shape index (κ1) is 7.03. The van der Waals surface area contributed by atoms with Gasteiger partial charge in [-0.1, -0.05) is 0 Å². The Hall–Kier alpha value is -1.64. The highest BCUT2D eigenvalue weighted by molar-refractivity contribution is 5.81. The maximum atomic E-state index is 12.6. The summed E-state index contributed by atoms with van der Waals surface area (Å²) in [5.41, 5.74) is 6.83. The summed E-state index contributed by atoms with van der Waals surface area (Å²) >= 11 is 0. The standard InChI is InChI=1S/C9H7FN2/c10-9-4-1-6-5-7(11)2-3-8(6)12-9/h1-5H,11H2. The van der Waals surface area contributed by atoms with Gasteiger partial charge in [0, 0.05) is 11.1 Å². The van der Waals surface area contributed by atoms with Gasteiger partial charge in [-0.25, -0.2) is 4.98 Å². The van der Waals surface area contributed by atoms with Crippen LogP contribution in [0.4, 0.5) is 10.1 Å². The second-order valence-electron chi connectivity index (χ2n) is 2.59. The number of nitrogens with two attached hydrogens (primary N) is 1. The lowest BCUT2D eigenvalue weighted by molar-refractivity contribution is 0.589. The fourth-order valence-electron chi connectivity index (χ4n) is 1.12. The normalized spacial score (nSPS) is 10.4. The fraction of sp³-hybridized carbons (Fsp3) is 0. The van der Waals surface area contributed by atoms with Crippen LogP contribution in [-0.2, 0) is 0 Å². The van der Waals surface area contributed by atoms with E-state index in [0.717, 1.165) is 5.39 Å². The summed E-state index contributed by atoms with van der Waals surface area (Å²) in [5, 5.41) is 0.858. The van der Waals surface area contributed by atoms with Crippen molar-refractivity contribution >= 4 is 16.6 Å². The molecule has 0 unspecified atom stereocenters. The van der Waals surface area contributed by atoms with Gasteiger partial charge >= 0.3 is 0 Å². The third-order valence-electron chi connectivity index (χ3n) is 1.68. The van der Waals surface area contributed by atoms with Crippen molar-refractivity contribution in [3.05, 3.63) is 36.3 Å². The maximum absolute atomic E-state index is 12.6. The number of fused-ring (bicyclic) bond motifs is 1. The van der Waals surface area contributed by atoms with E-state index >= 15 is 0 Å². The van der Waals surface area contributed by atoms with Crippen LogP contribution in [0.3, 0.4) is 0 Å². The van der Waals surface area contributed by atoms with E-state index < -0.39 is 5.95 Å². The molecule has 0 amide bonds. The lowest BCUT2D eigenvalue weighted by Crippen LogP contribution is -1.87. The van der Waals surface area contributed by atoms with E-state index in [4.69, 9.17) is 5.73 Å². The number of nitrogens with zero attached hydrogens (tertiary/aromatic N) is 1. The van der Waals surface area contributed by atoms with Gasteiger partial charge in [0.1, 0.15) is 0 Å². The van der Waals surface area contributed by atoms with Crippen LogP contribution in [0.5, 0.6) is 0 Å². The Balaban J connectivity index is 2.79. The van der Waals surface area contributed by atoms with E-state index in [1.807, 2.05) is 0 Å². The van der Waals surface area contributed by atoms with Gasteiger partial charge < -0.3 is 5.73 Å². The van der Waals surface area contributed by atoms with Crippen LogP contribution < -0.4 is 5.73 Å². The van der Waals surface area contributed by atoms with E-state index in [-0.39, 0.29) is 0 Å². The number of halogens is 1. The van der Waals surface area contributed by atoms with Crippen molar-refractivity contribution in [3.63, 3.8) is 0 Å². The van der Waals surface area contributed by atoms with Crippen molar-refractivity contribution in [3.8, 4) is 0 Å². The molecule has 3 heteroatoms. The van der Waals surface area contributed by atoms with Crippen LogP contribution in [0.2, 0.25) is 0 Å². The van der Waals surface area contributed by atoms with Crippen molar-refractivity contribution in [1.82, 2.24) is 4.98 Å². The topological polar surface area (TPSA) is 38.9 Å². The molecule has 0 bridgehead atoms. The third-order valence-corrected chi connectivity index (χ3v) is 1.68. The summed E-state index contributed by atoms with van der Waals surface area (Å²) in [6.07, 6.45) is 0. The first-order valence-electron chi connectivity index (χ1n) is 3.57. The Kier molecular flexibility index (Phi) is 1.43. The number of nitrogen functional groups attached to an aromatic ring is 1. The molecular formula is C9H7FN2. The monoisotopic (exact) mass is 162 g/mol. The van der Waals surface area contributed by atoms with Crippen molar-refractivity contribution < 1.29 is 4.39 Å². The average molecular weight is 162 g/mol. The molecule has 0 saturated carbocycles. The van der Waals surface area contributed by atoms with Crippen LogP contribution in [-0.4, -0.2) is 4.98 Å². The van der Waals surface area contributed by atoms with Gasteiger partial charge in [0.05, 0.1) is 5.52 Å². The zero-order chi connectivity index (χ0) is 8.55. The highest BCUT2D eigenvalue weighted by Gasteiger charge is 1.96. The van der Waals surface area contributed by atoms with Gasteiger partial charge in [-0.2, -0.15) is 4.39 Å². The molecule has 12 heavy (non-hydrogen) atoms. The van der Waals surface area contributed by atoms with Crippen LogP contribution >= 0.6 is 0 Å². The number of pyridine rings is 1. The molecule has 2 nitrogen and oxygen atoms in total. The van der Waals surface area contributed by atoms with Crippen molar-refractivity contribution in [1.29, 1.82) is 0 Å². The van der Waals surface area contributed by atoms with Gasteiger partial charge in [0.2, 0.25) is 5.95 Å². The molecule has 2 aromatic rings. The fourth-order valence-corrected chi connectivity index (χ4v) is 1.12. The second-order valence-corrected chi connectivity index (χ2v) is 2.59. The quantitative estimate of drug-likeness (QED) is 0.475. The summed E-state index contributed by atoms with van der Waals surface area (Å²) in [6.45, 7) is 0. The molecular weight excluding hydrogens is 155 g/mol. The molecule has 0 atom stereocenters. The summed E-state index contributed by atoms with van der Waals surface area (Å²) in [4.78, 5) is 3.69. The summed E-state index contributed by atoms with van der Waals surface area (Å²) in [6, 6.07) is 8.15. The van der Waals surface area contributed by atoms with E-state index in [1.165, 1.54) is 6.07 Å². The Morgan fingerprint density at radius 3 is 2.83 bits per heavy atom. The van der Waals surface area contributed by atoms with Gasteiger partial charge in [-0.15, -0.1) is 0 Å². The Bertz CT molecular complexity index is 385. The molecule has 1 aromatic heterocycles. The molecule has 0 aliphatic heterocycles. The second kappa shape index (κ2) is 2.44. The molecule has 2 rings (SSSR count). The van der Waals surface area contributed by atoms with Gasteiger partial charge in [-0.05, 0) is 30.3 Å². The van der Waals surface area contributed by atoms with Crippen molar-refractivity contribution in [2.75, 3.05) is 5.73 Å². The molecule has 1 heterocycles. The van der Waals surface area contributed by atoms with Crippen molar-refractivity contribution in [2.45, 2.75) is 0 Å². The first-order chi connectivity index (χ1) is 5.75. The van der Waals surface area contributed by atoms with Crippen LogP contribution in [0, 0.1) is 5.95 Å².